The molecule has 0 heterocycles. The van der Waals surface area contributed by atoms with E-state index in [1.54, 1.807) is 18.2 Å². The van der Waals surface area contributed by atoms with Gasteiger partial charge in [-0.3, -0.25) is 0 Å². The minimum atomic E-state index is -0.756. The summed E-state index contributed by atoms with van der Waals surface area (Å²) in [6.45, 7) is 4.22. The van der Waals surface area contributed by atoms with Crippen LogP contribution >= 0.6 is 0 Å². The summed E-state index contributed by atoms with van der Waals surface area (Å²) < 4.78 is 44.5. The van der Waals surface area contributed by atoms with Crippen LogP contribution < -0.4 is 0 Å². The Morgan fingerprint density at radius 1 is 0.743 bits per heavy atom. The van der Waals surface area contributed by atoms with E-state index in [0.717, 1.165) is 68.9 Å². The van der Waals surface area contributed by atoms with Crippen molar-refractivity contribution in [1.29, 1.82) is 0 Å². The molecule has 1 aliphatic rings. The minimum Gasteiger partial charge on any atom is -0.207 e. The summed E-state index contributed by atoms with van der Waals surface area (Å²) in [6.07, 6.45) is 9.35. The molecule has 1 saturated carbocycles. The molecule has 0 unspecified atom stereocenters. The van der Waals surface area contributed by atoms with Gasteiger partial charge in [0.05, 0.1) is 0 Å². The van der Waals surface area contributed by atoms with Gasteiger partial charge in [-0.05, 0) is 104 Å². The Balaban J connectivity index is 1.33. The van der Waals surface area contributed by atoms with Crippen LogP contribution in [0.3, 0.4) is 0 Å². The molecular weight excluding hydrogens is 441 g/mol. The third kappa shape index (κ3) is 6.18. The second-order valence-corrected chi connectivity index (χ2v) is 10.2. The molecule has 0 aliphatic heterocycles. The summed E-state index contributed by atoms with van der Waals surface area (Å²) in [4.78, 5) is 0. The second-order valence-electron chi connectivity index (χ2n) is 10.2. The predicted octanol–water partition coefficient (Wildman–Crippen LogP) is 9.58. The van der Waals surface area contributed by atoms with Gasteiger partial charge in [0, 0.05) is 5.56 Å². The maximum Gasteiger partial charge on any atom is 0.166 e. The van der Waals surface area contributed by atoms with Crippen molar-refractivity contribution in [3.05, 3.63) is 94.3 Å². The van der Waals surface area contributed by atoms with Crippen LogP contribution in [0, 0.1) is 23.4 Å². The zero-order valence-corrected chi connectivity index (χ0v) is 21.1. The number of unbranched alkanes of at least 4 members (excludes halogenated alkanes) is 1. The van der Waals surface area contributed by atoms with Crippen LogP contribution in [0.2, 0.25) is 0 Å². The first-order valence-electron chi connectivity index (χ1n) is 13.3. The van der Waals surface area contributed by atoms with Crippen molar-refractivity contribution in [3.63, 3.8) is 0 Å². The molecule has 35 heavy (non-hydrogen) atoms. The first-order chi connectivity index (χ1) is 17.0. The Hall–Kier alpha value is -2.55. The van der Waals surface area contributed by atoms with Crippen molar-refractivity contribution in [2.75, 3.05) is 0 Å². The summed E-state index contributed by atoms with van der Waals surface area (Å²) in [5, 5.41) is 0. The van der Waals surface area contributed by atoms with E-state index in [9.17, 15) is 13.2 Å². The number of aryl methyl sites for hydroxylation is 3. The van der Waals surface area contributed by atoms with E-state index in [0.29, 0.717) is 29.0 Å². The average molecular weight is 479 g/mol. The third-order valence-electron chi connectivity index (χ3n) is 7.83. The van der Waals surface area contributed by atoms with E-state index < -0.39 is 11.6 Å². The van der Waals surface area contributed by atoms with Gasteiger partial charge in [-0.25, -0.2) is 13.2 Å². The quantitative estimate of drug-likeness (QED) is 0.287. The second kappa shape index (κ2) is 11.9. The minimum absolute atomic E-state index is 0.0657. The molecule has 3 aromatic rings. The highest BCUT2D eigenvalue weighted by Gasteiger charge is 2.25. The van der Waals surface area contributed by atoms with Gasteiger partial charge in [0.1, 0.15) is 5.82 Å². The molecule has 4 rings (SSSR count). The summed E-state index contributed by atoms with van der Waals surface area (Å²) in [7, 11) is 0. The normalized spacial score (nSPS) is 18.1. The smallest absolute Gasteiger partial charge is 0.166 e. The van der Waals surface area contributed by atoms with E-state index >= 15 is 0 Å². The zero-order valence-electron chi connectivity index (χ0n) is 21.1. The van der Waals surface area contributed by atoms with Crippen LogP contribution in [0.15, 0.2) is 54.6 Å². The van der Waals surface area contributed by atoms with Gasteiger partial charge in [-0.2, -0.15) is 0 Å². The molecule has 0 spiro atoms. The van der Waals surface area contributed by atoms with Crippen molar-refractivity contribution in [2.45, 2.75) is 84.0 Å². The van der Waals surface area contributed by atoms with Crippen LogP contribution in [0.1, 0.15) is 87.0 Å². The molecule has 186 valence electrons. The van der Waals surface area contributed by atoms with Crippen molar-refractivity contribution in [3.8, 4) is 11.1 Å². The SMILES string of the molecule is CCCCc1ccc(C2CCC(CCc3ccc(-c4ccc(CC)cc4)c(F)c3F)CC2)c(F)c1. The fourth-order valence-electron chi connectivity index (χ4n) is 5.49. The zero-order chi connectivity index (χ0) is 24.8. The number of halogens is 3. The molecular formula is C32H37F3. The fourth-order valence-corrected chi connectivity index (χ4v) is 5.49. The maximum atomic E-state index is 14.9. The lowest BCUT2D eigenvalue weighted by atomic mass is 9.76. The van der Waals surface area contributed by atoms with Gasteiger partial charge in [0.15, 0.2) is 11.6 Å². The number of rotatable bonds is 9. The molecule has 0 aromatic heterocycles. The molecule has 0 bridgehead atoms. The van der Waals surface area contributed by atoms with Crippen molar-refractivity contribution in [2.24, 2.45) is 5.92 Å². The molecule has 1 fully saturated rings. The van der Waals surface area contributed by atoms with Crippen LogP contribution in [-0.4, -0.2) is 0 Å². The van der Waals surface area contributed by atoms with E-state index in [1.165, 1.54) is 5.56 Å². The molecule has 0 nitrogen and oxygen atoms in total. The van der Waals surface area contributed by atoms with Crippen LogP contribution in [-0.2, 0) is 19.3 Å². The van der Waals surface area contributed by atoms with Gasteiger partial charge in [-0.1, -0.05) is 68.8 Å². The van der Waals surface area contributed by atoms with Crippen molar-refractivity contribution in [1.82, 2.24) is 0 Å². The molecule has 3 aromatic carbocycles. The Morgan fingerprint density at radius 2 is 1.46 bits per heavy atom. The van der Waals surface area contributed by atoms with Gasteiger partial charge in [0.25, 0.3) is 0 Å². The summed E-state index contributed by atoms with van der Waals surface area (Å²) in [6, 6.07) is 16.9. The fraction of sp³-hybridized carbons (Fsp3) is 0.438. The van der Waals surface area contributed by atoms with E-state index in [1.807, 2.05) is 30.3 Å². The highest BCUT2D eigenvalue weighted by Crippen LogP contribution is 2.39. The lowest BCUT2D eigenvalue weighted by molar-refractivity contribution is 0.305. The third-order valence-corrected chi connectivity index (χ3v) is 7.83. The lowest BCUT2D eigenvalue weighted by Crippen LogP contribution is -2.15. The number of hydrogen-bond donors (Lipinski definition) is 0. The first-order valence-corrected chi connectivity index (χ1v) is 13.3. The monoisotopic (exact) mass is 478 g/mol. The highest BCUT2D eigenvalue weighted by atomic mass is 19.2. The summed E-state index contributed by atoms with van der Waals surface area (Å²) >= 11 is 0. The predicted molar refractivity (Wildman–Crippen MR) is 139 cm³/mol. The number of benzene rings is 3. The first kappa shape index (κ1) is 25.5. The lowest BCUT2D eigenvalue weighted by Gasteiger charge is -2.29. The van der Waals surface area contributed by atoms with Gasteiger partial charge in [-0.15, -0.1) is 0 Å². The van der Waals surface area contributed by atoms with Crippen molar-refractivity contribution >= 4 is 0 Å². The van der Waals surface area contributed by atoms with E-state index in [-0.39, 0.29) is 11.7 Å². The van der Waals surface area contributed by atoms with Gasteiger partial charge >= 0.3 is 0 Å². The molecule has 0 atom stereocenters. The van der Waals surface area contributed by atoms with Gasteiger partial charge in [0.2, 0.25) is 0 Å². The molecule has 0 N–H and O–H groups in total. The Bertz CT molecular complexity index is 1110. The molecule has 0 saturated heterocycles. The average Bonchev–Trinajstić information content (AvgIpc) is 2.89. The molecule has 0 radical (unpaired) electrons. The van der Waals surface area contributed by atoms with Crippen LogP contribution in [0.4, 0.5) is 13.2 Å². The van der Waals surface area contributed by atoms with Crippen LogP contribution in [0.5, 0.6) is 0 Å². The largest absolute Gasteiger partial charge is 0.207 e. The van der Waals surface area contributed by atoms with Gasteiger partial charge < -0.3 is 0 Å². The maximum absolute atomic E-state index is 14.9. The molecule has 1 aliphatic carbocycles. The van der Waals surface area contributed by atoms with E-state index in [2.05, 4.69) is 19.9 Å². The number of hydrogen-bond acceptors (Lipinski definition) is 0. The molecule has 3 heteroatoms. The molecule has 0 amide bonds. The van der Waals surface area contributed by atoms with Crippen molar-refractivity contribution < 1.29 is 13.2 Å². The Kier molecular flexibility index (Phi) is 8.70. The Labute approximate surface area is 208 Å². The topological polar surface area (TPSA) is 0 Å². The standard InChI is InChI=1S/C32H37F3/c1-3-5-6-24-12-19-28(30(33)21-24)25-15-9-23(10-16-25)11-17-27-18-20-29(32(35)31(27)34)26-13-7-22(4-2)8-14-26/h7-8,12-14,18-21,23,25H,3-6,9-11,15-17H2,1-2H3. The Morgan fingerprint density at radius 3 is 2.11 bits per heavy atom. The summed E-state index contributed by atoms with van der Waals surface area (Å²) in [5.74, 6) is -0.806. The van der Waals surface area contributed by atoms with Crippen LogP contribution in [0.25, 0.3) is 11.1 Å². The van der Waals surface area contributed by atoms with E-state index in [4.69, 9.17) is 0 Å². The summed E-state index contributed by atoms with van der Waals surface area (Å²) in [5.41, 5.74) is 4.57. The highest BCUT2D eigenvalue weighted by molar-refractivity contribution is 5.65.